The monoisotopic (exact) mass is 184 g/mol. The Hall–Kier alpha value is -1.36. The second-order valence-corrected chi connectivity index (χ2v) is 2.52. The van der Waals surface area contributed by atoms with Gasteiger partial charge in [0.1, 0.15) is 0 Å². The average Bonchev–Trinajstić information content (AvgIpc) is 2.51. The molecule has 0 spiro atoms. The molecule has 74 valence electrons. The molecule has 0 bridgehead atoms. The first-order chi connectivity index (χ1) is 5.74. The number of likely N-dealkylation sites (N-methyl/N-ethyl adjacent to an activating group) is 1. The summed E-state index contributed by atoms with van der Waals surface area (Å²) in [6.07, 6.45) is 3.79. The van der Waals surface area contributed by atoms with Crippen LogP contribution >= 0.6 is 0 Å². The van der Waals surface area contributed by atoms with E-state index in [2.05, 4.69) is 15.3 Å². The van der Waals surface area contributed by atoms with Gasteiger partial charge >= 0.3 is 0 Å². The van der Waals surface area contributed by atoms with E-state index in [-0.39, 0.29) is 19.4 Å². The van der Waals surface area contributed by atoms with Gasteiger partial charge in [-0.3, -0.25) is 4.79 Å². The van der Waals surface area contributed by atoms with Crippen LogP contribution in [-0.2, 0) is 11.2 Å². The summed E-state index contributed by atoms with van der Waals surface area (Å²) in [5, 5.41) is 2.82. The molecule has 1 aromatic rings. The highest BCUT2D eigenvalue weighted by atomic mass is 16.1. The van der Waals surface area contributed by atoms with Crippen LogP contribution in [0.25, 0.3) is 0 Å². The fourth-order valence-corrected chi connectivity index (χ4v) is 0.961. The minimum absolute atomic E-state index is 0. The number of carbonyl (C=O) groups is 1. The fourth-order valence-electron chi connectivity index (χ4n) is 0.961. The van der Waals surface area contributed by atoms with Crippen molar-refractivity contribution in [2.45, 2.75) is 19.9 Å². The Balaban J connectivity index is 0.00000144. The number of H-pyrrole nitrogens is 1. The van der Waals surface area contributed by atoms with Gasteiger partial charge in [0, 0.05) is 18.3 Å². The van der Waals surface area contributed by atoms with E-state index in [0.717, 1.165) is 5.69 Å². The number of primary amides is 1. The summed E-state index contributed by atoms with van der Waals surface area (Å²) in [7, 11) is 1.70. The minimum Gasteiger partial charge on any atom is -0.368 e. The van der Waals surface area contributed by atoms with E-state index in [4.69, 9.17) is 5.73 Å². The number of amides is 1. The van der Waals surface area contributed by atoms with Gasteiger partial charge in [0.05, 0.1) is 12.4 Å². The number of nitrogens with one attached hydrogen (secondary N) is 2. The van der Waals surface area contributed by atoms with E-state index in [1.54, 1.807) is 19.6 Å². The molecule has 1 rings (SSSR count). The summed E-state index contributed by atoms with van der Waals surface area (Å²) >= 11 is 0. The van der Waals surface area contributed by atoms with Crippen LogP contribution in [-0.4, -0.2) is 29.0 Å². The van der Waals surface area contributed by atoms with Crippen LogP contribution < -0.4 is 11.1 Å². The first-order valence-electron chi connectivity index (χ1n) is 3.68. The Morgan fingerprint density at radius 2 is 2.54 bits per heavy atom. The van der Waals surface area contributed by atoms with Gasteiger partial charge in [-0.2, -0.15) is 0 Å². The molecule has 1 heterocycles. The Bertz CT molecular complexity index is 245. The maximum atomic E-state index is 10.8. The number of aromatic amines is 1. The van der Waals surface area contributed by atoms with Gasteiger partial charge < -0.3 is 16.0 Å². The van der Waals surface area contributed by atoms with E-state index >= 15 is 0 Å². The maximum Gasteiger partial charge on any atom is 0.234 e. The van der Waals surface area contributed by atoms with Crippen LogP contribution in [0, 0.1) is 0 Å². The van der Waals surface area contributed by atoms with E-state index in [1.807, 2.05) is 0 Å². The summed E-state index contributed by atoms with van der Waals surface area (Å²) in [6, 6.07) is -0.328. The summed E-state index contributed by atoms with van der Waals surface area (Å²) < 4.78 is 0. The smallest absolute Gasteiger partial charge is 0.234 e. The molecule has 13 heavy (non-hydrogen) atoms. The van der Waals surface area contributed by atoms with Gasteiger partial charge in [-0.05, 0) is 7.05 Å². The third-order valence-corrected chi connectivity index (χ3v) is 1.67. The quantitative estimate of drug-likeness (QED) is 0.598. The van der Waals surface area contributed by atoms with Crippen molar-refractivity contribution < 1.29 is 4.79 Å². The summed E-state index contributed by atoms with van der Waals surface area (Å²) in [6.45, 7) is 0. The molecule has 0 saturated carbocycles. The summed E-state index contributed by atoms with van der Waals surface area (Å²) in [4.78, 5) is 17.5. The van der Waals surface area contributed by atoms with Crippen LogP contribution in [0.2, 0.25) is 0 Å². The highest BCUT2D eigenvalue weighted by molar-refractivity contribution is 5.80. The number of imidazole rings is 1. The minimum atomic E-state index is -0.355. The highest BCUT2D eigenvalue weighted by Gasteiger charge is 2.13. The second-order valence-electron chi connectivity index (χ2n) is 2.52. The Morgan fingerprint density at radius 3 is 2.92 bits per heavy atom. The lowest BCUT2D eigenvalue weighted by Gasteiger charge is -2.09. The molecule has 0 aliphatic heterocycles. The molecule has 1 atom stereocenters. The van der Waals surface area contributed by atoms with Gasteiger partial charge in [0.15, 0.2) is 0 Å². The number of rotatable bonds is 4. The number of hydrogen-bond donors (Lipinski definition) is 3. The van der Waals surface area contributed by atoms with Gasteiger partial charge in [0.2, 0.25) is 5.91 Å². The van der Waals surface area contributed by atoms with Gasteiger partial charge in [0.25, 0.3) is 0 Å². The molecule has 0 fully saturated rings. The molecule has 0 aromatic carbocycles. The maximum absolute atomic E-state index is 10.8. The molecule has 0 aliphatic carbocycles. The lowest BCUT2D eigenvalue weighted by molar-refractivity contribution is -0.119. The largest absolute Gasteiger partial charge is 0.368 e. The van der Waals surface area contributed by atoms with Crippen molar-refractivity contribution in [1.29, 1.82) is 0 Å². The lowest BCUT2D eigenvalue weighted by atomic mass is 10.1. The predicted octanol–water partition coefficient (Wildman–Crippen LogP) is -0.338. The number of aromatic nitrogens is 2. The van der Waals surface area contributed by atoms with E-state index < -0.39 is 0 Å². The SMILES string of the molecule is C.CNC(Cc1cnc[nH]1)C(N)=O. The second kappa shape index (κ2) is 5.31. The predicted molar refractivity (Wildman–Crippen MR) is 51.1 cm³/mol. The first kappa shape index (κ1) is 11.6. The molecule has 0 aliphatic rings. The van der Waals surface area contributed by atoms with Crippen LogP contribution in [0.3, 0.4) is 0 Å². The number of nitrogens with zero attached hydrogens (tertiary/aromatic N) is 1. The Labute approximate surface area is 77.7 Å². The highest BCUT2D eigenvalue weighted by Crippen LogP contribution is 1.96. The van der Waals surface area contributed by atoms with Crippen molar-refractivity contribution in [3.63, 3.8) is 0 Å². The normalized spacial score (nSPS) is 11.8. The fraction of sp³-hybridized carbons (Fsp3) is 0.500. The van der Waals surface area contributed by atoms with Crippen molar-refractivity contribution >= 4 is 5.91 Å². The molecule has 5 nitrogen and oxygen atoms in total. The van der Waals surface area contributed by atoms with Gasteiger partial charge in [-0.1, -0.05) is 7.43 Å². The molecule has 1 amide bonds. The van der Waals surface area contributed by atoms with Crippen molar-refractivity contribution in [3.05, 3.63) is 18.2 Å². The summed E-state index contributed by atoms with van der Waals surface area (Å²) in [5.74, 6) is -0.355. The molecule has 0 saturated heterocycles. The van der Waals surface area contributed by atoms with Crippen LogP contribution in [0.15, 0.2) is 12.5 Å². The lowest BCUT2D eigenvalue weighted by Crippen LogP contribution is -2.40. The number of hydrogen-bond acceptors (Lipinski definition) is 3. The molecule has 4 N–H and O–H groups in total. The van der Waals surface area contributed by atoms with E-state index in [0.29, 0.717) is 6.42 Å². The molecule has 1 unspecified atom stereocenters. The van der Waals surface area contributed by atoms with E-state index in [9.17, 15) is 4.79 Å². The first-order valence-corrected chi connectivity index (χ1v) is 3.68. The Morgan fingerprint density at radius 1 is 1.85 bits per heavy atom. The molecule has 1 aromatic heterocycles. The van der Waals surface area contributed by atoms with Crippen LogP contribution in [0.5, 0.6) is 0 Å². The zero-order chi connectivity index (χ0) is 8.97. The molecule has 0 radical (unpaired) electrons. The van der Waals surface area contributed by atoms with Crippen LogP contribution in [0.1, 0.15) is 13.1 Å². The van der Waals surface area contributed by atoms with E-state index in [1.165, 1.54) is 0 Å². The number of carbonyl (C=O) groups excluding carboxylic acids is 1. The molecule has 5 heteroatoms. The standard InChI is InChI=1S/C7H12N4O.CH4/c1-9-6(7(8)12)2-5-3-10-4-11-5;/h3-4,6,9H,2H2,1H3,(H2,8,12)(H,10,11);1H4. The van der Waals surface area contributed by atoms with Crippen molar-refractivity contribution in [3.8, 4) is 0 Å². The van der Waals surface area contributed by atoms with Crippen LogP contribution in [0.4, 0.5) is 0 Å². The third-order valence-electron chi connectivity index (χ3n) is 1.67. The molecular weight excluding hydrogens is 168 g/mol. The van der Waals surface area contributed by atoms with Gasteiger partial charge in [-0.25, -0.2) is 4.98 Å². The van der Waals surface area contributed by atoms with Gasteiger partial charge in [-0.15, -0.1) is 0 Å². The molecular formula is C8H16N4O. The zero-order valence-corrected chi connectivity index (χ0v) is 6.87. The summed E-state index contributed by atoms with van der Waals surface area (Å²) in [5.41, 5.74) is 6.02. The third kappa shape index (κ3) is 3.25. The van der Waals surface area contributed by atoms with Crippen molar-refractivity contribution in [1.82, 2.24) is 15.3 Å². The number of nitrogens with two attached hydrogens (primary N) is 1. The van der Waals surface area contributed by atoms with Crippen molar-refractivity contribution in [2.24, 2.45) is 5.73 Å². The average molecular weight is 184 g/mol. The topological polar surface area (TPSA) is 83.8 Å². The zero-order valence-electron chi connectivity index (χ0n) is 6.87. The van der Waals surface area contributed by atoms with Crippen molar-refractivity contribution in [2.75, 3.05) is 7.05 Å². The Kier molecular flexibility index (Phi) is 4.76.